The van der Waals surface area contributed by atoms with Gasteiger partial charge in [0.25, 0.3) is 0 Å². The van der Waals surface area contributed by atoms with Crippen LogP contribution in [0, 0.1) is 5.92 Å². The van der Waals surface area contributed by atoms with E-state index in [-0.39, 0.29) is 0 Å². The first-order valence-electron chi connectivity index (χ1n) is 7.66. The van der Waals surface area contributed by atoms with Crippen molar-refractivity contribution in [2.24, 2.45) is 5.92 Å². The third-order valence-corrected chi connectivity index (χ3v) is 4.59. The van der Waals surface area contributed by atoms with Crippen molar-refractivity contribution in [1.82, 2.24) is 0 Å². The minimum atomic E-state index is 0.318. The molecule has 2 nitrogen and oxygen atoms in total. The van der Waals surface area contributed by atoms with Crippen LogP contribution in [0.15, 0.2) is 24.3 Å². The van der Waals surface area contributed by atoms with Crippen molar-refractivity contribution in [1.29, 1.82) is 0 Å². The van der Waals surface area contributed by atoms with E-state index in [1.165, 1.54) is 50.5 Å². The molecule has 0 aromatic heterocycles. The van der Waals surface area contributed by atoms with Gasteiger partial charge in [0.05, 0.1) is 13.2 Å². The molecule has 2 aliphatic rings. The van der Waals surface area contributed by atoms with Gasteiger partial charge in [-0.15, -0.1) is 0 Å². The predicted octanol–water partition coefficient (Wildman–Crippen LogP) is 4.50. The van der Waals surface area contributed by atoms with Crippen LogP contribution in [0.3, 0.4) is 0 Å². The smallest absolute Gasteiger partial charge is 0.119 e. The Bertz CT molecular complexity index is 409. The first-order valence-corrected chi connectivity index (χ1v) is 7.66. The van der Waals surface area contributed by atoms with Crippen LogP contribution in [0.25, 0.3) is 0 Å². The summed E-state index contributed by atoms with van der Waals surface area (Å²) in [5.41, 5.74) is 1.27. The zero-order valence-electron chi connectivity index (χ0n) is 11.8. The monoisotopic (exact) mass is 260 g/mol. The van der Waals surface area contributed by atoms with E-state index in [0.29, 0.717) is 12.2 Å². The Kier molecular flexibility index (Phi) is 4.07. The van der Waals surface area contributed by atoms with Crippen molar-refractivity contribution in [2.45, 2.75) is 57.2 Å². The molecule has 3 rings (SSSR count). The van der Waals surface area contributed by atoms with Gasteiger partial charge in [-0.2, -0.15) is 0 Å². The molecule has 104 valence electrons. The van der Waals surface area contributed by atoms with E-state index in [9.17, 15) is 0 Å². The molecule has 1 aliphatic carbocycles. The Morgan fingerprint density at radius 2 is 2.00 bits per heavy atom. The van der Waals surface area contributed by atoms with Crippen molar-refractivity contribution in [3.63, 3.8) is 0 Å². The van der Waals surface area contributed by atoms with E-state index < -0.39 is 0 Å². The van der Waals surface area contributed by atoms with E-state index in [0.717, 1.165) is 11.7 Å². The molecule has 1 saturated heterocycles. The summed E-state index contributed by atoms with van der Waals surface area (Å²) in [6, 6.07) is 8.29. The van der Waals surface area contributed by atoms with Crippen LogP contribution in [-0.4, -0.2) is 13.2 Å². The molecule has 2 atom stereocenters. The normalized spacial score (nSPS) is 27.2. The minimum absolute atomic E-state index is 0.318. The summed E-state index contributed by atoms with van der Waals surface area (Å²) in [4.78, 5) is 0. The molecule has 0 amide bonds. The summed E-state index contributed by atoms with van der Waals surface area (Å²) < 4.78 is 11.1. The topological polar surface area (TPSA) is 21.8 Å². The molecule has 0 bridgehead atoms. The fourth-order valence-electron chi connectivity index (χ4n) is 3.35. The zero-order chi connectivity index (χ0) is 13.1. The van der Waals surface area contributed by atoms with Crippen LogP contribution < -0.4 is 4.74 Å². The molecular weight excluding hydrogens is 236 g/mol. The fraction of sp³-hybridized carbons (Fsp3) is 0.647. The highest BCUT2D eigenvalue weighted by Crippen LogP contribution is 2.43. The van der Waals surface area contributed by atoms with Crippen molar-refractivity contribution in [3.05, 3.63) is 29.8 Å². The summed E-state index contributed by atoms with van der Waals surface area (Å²) in [6.45, 7) is 0. The third kappa shape index (κ3) is 3.30. The van der Waals surface area contributed by atoms with Gasteiger partial charge in [0, 0.05) is 0 Å². The van der Waals surface area contributed by atoms with Gasteiger partial charge in [0.1, 0.15) is 11.9 Å². The quantitative estimate of drug-likeness (QED) is 0.727. The molecule has 1 aromatic rings. The van der Waals surface area contributed by atoms with E-state index in [1.54, 1.807) is 7.11 Å². The predicted molar refractivity (Wildman–Crippen MR) is 76.4 cm³/mol. The van der Waals surface area contributed by atoms with Gasteiger partial charge >= 0.3 is 0 Å². The summed E-state index contributed by atoms with van der Waals surface area (Å²) in [7, 11) is 1.72. The van der Waals surface area contributed by atoms with Gasteiger partial charge < -0.3 is 9.47 Å². The van der Waals surface area contributed by atoms with Crippen molar-refractivity contribution < 1.29 is 9.47 Å². The van der Waals surface area contributed by atoms with Gasteiger partial charge in [-0.25, -0.2) is 0 Å². The Morgan fingerprint density at radius 1 is 1.16 bits per heavy atom. The Labute approximate surface area is 116 Å². The van der Waals surface area contributed by atoms with E-state index in [1.807, 2.05) is 12.1 Å². The highest BCUT2D eigenvalue weighted by molar-refractivity contribution is 5.32. The number of hydrogen-bond donors (Lipinski definition) is 0. The lowest BCUT2D eigenvalue weighted by Crippen LogP contribution is -2.07. The molecule has 1 aliphatic heterocycles. The molecule has 1 saturated carbocycles. The maximum atomic E-state index is 5.84. The average molecular weight is 260 g/mol. The molecule has 0 unspecified atom stereocenters. The van der Waals surface area contributed by atoms with Crippen LogP contribution in [0.2, 0.25) is 0 Å². The van der Waals surface area contributed by atoms with Crippen LogP contribution in [0.5, 0.6) is 5.75 Å². The maximum absolute atomic E-state index is 5.84. The highest BCUT2D eigenvalue weighted by atomic mass is 16.6. The van der Waals surface area contributed by atoms with Gasteiger partial charge in [0.15, 0.2) is 0 Å². The minimum Gasteiger partial charge on any atom is -0.497 e. The van der Waals surface area contributed by atoms with Gasteiger partial charge in [-0.3, -0.25) is 0 Å². The molecule has 0 spiro atoms. The lowest BCUT2D eigenvalue weighted by atomic mass is 9.85. The highest BCUT2D eigenvalue weighted by Gasteiger charge is 2.40. The number of rotatable bonds is 5. The van der Waals surface area contributed by atoms with E-state index in [4.69, 9.17) is 9.47 Å². The summed E-state index contributed by atoms with van der Waals surface area (Å²) >= 11 is 0. The number of methoxy groups -OCH3 is 1. The third-order valence-electron chi connectivity index (χ3n) is 4.59. The summed E-state index contributed by atoms with van der Waals surface area (Å²) in [5, 5.41) is 0. The first kappa shape index (κ1) is 13.0. The van der Waals surface area contributed by atoms with Crippen molar-refractivity contribution in [3.8, 4) is 5.75 Å². The first-order chi connectivity index (χ1) is 9.36. The standard InChI is InChI=1S/C17H24O2/c1-18-15-9-5-8-14(12-15)17-16(19-17)11-10-13-6-3-2-4-7-13/h5,8-9,12-13,16-17H,2-4,6-7,10-11H2,1H3/t16-,17-/m1/s1. The van der Waals surface area contributed by atoms with Gasteiger partial charge in [0.2, 0.25) is 0 Å². The number of hydrogen-bond acceptors (Lipinski definition) is 2. The van der Waals surface area contributed by atoms with Crippen LogP contribution in [0.1, 0.15) is 56.6 Å². The molecule has 1 heterocycles. The maximum Gasteiger partial charge on any atom is 0.119 e. The second kappa shape index (κ2) is 5.96. The van der Waals surface area contributed by atoms with Gasteiger partial charge in [-0.1, -0.05) is 44.2 Å². The fourth-order valence-corrected chi connectivity index (χ4v) is 3.35. The zero-order valence-corrected chi connectivity index (χ0v) is 11.8. The molecule has 19 heavy (non-hydrogen) atoms. The Hall–Kier alpha value is -1.02. The summed E-state index contributed by atoms with van der Waals surface area (Å²) in [6.07, 6.45) is 10.6. The SMILES string of the molecule is COc1cccc([C@H]2O[C@@H]2CCC2CCCCC2)c1. The second-order valence-electron chi connectivity index (χ2n) is 5.95. The number of epoxide rings is 1. The average Bonchev–Trinajstić information content (AvgIpc) is 3.26. The Morgan fingerprint density at radius 3 is 2.79 bits per heavy atom. The van der Waals surface area contributed by atoms with E-state index >= 15 is 0 Å². The molecule has 1 aromatic carbocycles. The number of benzene rings is 1. The lowest BCUT2D eigenvalue weighted by molar-refractivity contribution is 0.305. The molecular formula is C17H24O2. The van der Waals surface area contributed by atoms with Crippen molar-refractivity contribution in [2.75, 3.05) is 7.11 Å². The van der Waals surface area contributed by atoms with Crippen molar-refractivity contribution >= 4 is 0 Å². The molecule has 0 radical (unpaired) electrons. The largest absolute Gasteiger partial charge is 0.497 e. The van der Waals surface area contributed by atoms with E-state index in [2.05, 4.69) is 12.1 Å². The van der Waals surface area contributed by atoms with Crippen LogP contribution in [-0.2, 0) is 4.74 Å². The number of ether oxygens (including phenoxy) is 2. The van der Waals surface area contributed by atoms with Crippen LogP contribution >= 0.6 is 0 Å². The molecule has 2 heteroatoms. The summed E-state index contributed by atoms with van der Waals surface area (Å²) in [5.74, 6) is 1.89. The van der Waals surface area contributed by atoms with Crippen LogP contribution in [0.4, 0.5) is 0 Å². The second-order valence-corrected chi connectivity index (χ2v) is 5.95. The Balaban J connectivity index is 1.47. The van der Waals surface area contributed by atoms with Gasteiger partial charge in [-0.05, 0) is 36.5 Å². The molecule has 2 fully saturated rings. The lowest BCUT2D eigenvalue weighted by Gasteiger charge is -2.20. The molecule has 0 N–H and O–H groups in total.